The summed E-state index contributed by atoms with van der Waals surface area (Å²) in [6, 6.07) is -1.56. The fourth-order valence-electron chi connectivity index (χ4n) is 1.43. The molecule has 2 amide bonds. The van der Waals surface area contributed by atoms with Crippen LogP contribution in [0, 0.1) is 0 Å². The summed E-state index contributed by atoms with van der Waals surface area (Å²) >= 11 is 1.26. The Hall–Kier alpha value is -1.74. The molecule has 0 aliphatic heterocycles. The zero-order chi connectivity index (χ0) is 15.0. The number of urea groups is 1. The Bertz CT molecular complexity index is 451. The van der Waals surface area contributed by atoms with Crippen molar-refractivity contribution in [3.63, 3.8) is 0 Å². The maximum atomic E-state index is 11.7. The number of aromatic nitrogens is 2. The number of aryl methyl sites for hydroxylation is 1. The molecule has 0 fully saturated rings. The lowest BCUT2D eigenvalue weighted by Gasteiger charge is -2.13. The van der Waals surface area contributed by atoms with Crippen LogP contribution < -0.4 is 10.6 Å². The van der Waals surface area contributed by atoms with Crippen molar-refractivity contribution >= 4 is 28.5 Å². The minimum atomic E-state index is -1.08. The predicted octanol–water partition coefficient (Wildman–Crippen LogP) is 1.10. The molecule has 0 saturated carbocycles. The lowest BCUT2D eigenvalue weighted by Crippen LogP contribution is -2.43. The summed E-state index contributed by atoms with van der Waals surface area (Å²) in [6.45, 7) is 2.38. The average molecular weight is 302 g/mol. The Labute approximate surface area is 120 Å². The Balaban J connectivity index is 2.46. The zero-order valence-corrected chi connectivity index (χ0v) is 12.2. The van der Waals surface area contributed by atoms with Gasteiger partial charge in [-0.3, -0.25) is 5.32 Å². The largest absolute Gasteiger partial charge is 0.480 e. The molecule has 0 aliphatic carbocycles. The molecular weight excluding hydrogens is 284 g/mol. The van der Waals surface area contributed by atoms with Crippen molar-refractivity contribution in [3.05, 3.63) is 5.01 Å². The molecule has 0 saturated heterocycles. The van der Waals surface area contributed by atoms with E-state index in [1.54, 1.807) is 0 Å². The molecule has 0 bridgehead atoms. The minimum Gasteiger partial charge on any atom is -0.480 e. The normalized spacial score (nSPS) is 11.9. The Kier molecular flexibility index (Phi) is 6.88. The molecule has 112 valence electrons. The molecule has 3 N–H and O–H groups in total. The number of carboxylic acid groups (broad SMARTS) is 1. The number of hydrogen-bond donors (Lipinski definition) is 3. The molecule has 1 aromatic heterocycles. The second-order valence-corrected chi connectivity index (χ2v) is 5.04. The van der Waals surface area contributed by atoms with Gasteiger partial charge < -0.3 is 15.2 Å². The highest BCUT2D eigenvalue weighted by Gasteiger charge is 2.20. The first-order chi connectivity index (χ1) is 9.56. The lowest BCUT2D eigenvalue weighted by atomic mass is 10.1. The van der Waals surface area contributed by atoms with Gasteiger partial charge in [0, 0.05) is 13.7 Å². The third kappa shape index (κ3) is 5.49. The van der Waals surface area contributed by atoms with E-state index >= 15 is 0 Å². The van der Waals surface area contributed by atoms with E-state index in [0.29, 0.717) is 24.6 Å². The van der Waals surface area contributed by atoms with Crippen molar-refractivity contribution in [2.24, 2.45) is 0 Å². The number of aliphatic carboxylic acids is 1. The number of amides is 2. The summed E-state index contributed by atoms with van der Waals surface area (Å²) < 4.78 is 4.85. The number of rotatable bonds is 8. The summed E-state index contributed by atoms with van der Waals surface area (Å²) in [5, 5.41) is 22.7. The van der Waals surface area contributed by atoms with Crippen molar-refractivity contribution in [1.29, 1.82) is 0 Å². The summed E-state index contributed by atoms with van der Waals surface area (Å²) in [7, 11) is 1.54. The Morgan fingerprint density at radius 3 is 2.75 bits per heavy atom. The molecule has 0 aliphatic rings. The van der Waals surface area contributed by atoms with E-state index in [9.17, 15) is 9.59 Å². The quantitative estimate of drug-likeness (QED) is 0.620. The fourth-order valence-corrected chi connectivity index (χ4v) is 2.10. The van der Waals surface area contributed by atoms with Crippen LogP contribution in [0.15, 0.2) is 0 Å². The van der Waals surface area contributed by atoms with Crippen LogP contribution >= 0.6 is 11.3 Å². The molecule has 9 heteroatoms. The second-order valence-electron chi connectivity index (χ2n) is 3.98. The predicted molar refractivity (Wildman–Crippen MR) is 74.0 cm³/mol. The summed E-state index contributed by atoms with van der Waals surface area (Å²) in [4.78, 5) is 22.7. The van der Waals surface area contributed by atoms with Crippen molar-refractivity contribution in [2.75, 3.05) is 19.0 Å². The van der Waals surface area contributed by atoms with Crippen LogP contribution in [-0.4, -0.2) is 47.1 Å². The monoisotopic (exact) mass is 302 g/mol. The molecule has 0 radical (unpaired) electrons. The topological polar surface area (TPSA) is 113 Å². The first-order valence-electron chi connectivity index (χ1n) is 6.18. The van der Waals surface area contributed by atoms with Crippen LogP contribution in [-0.2, 0) is 16.0 Å². The molecule has 1 rings (SSSR count). The molecule has 1 heterocycles. The molecule has 0 spiro atoms. The summed E-state index contributed by atoms with van der Waals surface area (Å²) in [5.74, 6) is -1.08. The first kappa shape index (κ1) is 16.3. The molecule has 1 unspecified atom stereocenters. The van der Waals surface area contributed by atoms with E-state index < -0.39 is 18.0 Å². The van der Waals surface area contributed by atoms with Crippen LogP contribution in [0.1, 0.15) is 24.8 Å². The summed E-state index contributed by atoms with van der Waals surface area (Å²) in [6.07, 6.45) is 1.58. The van der Waals surface area contributed by atoms with E-state index in [0.717, 1.165) is 11.4 Å². The Morgan fingerprint density at radius 2 is 2.20 bits per heavy atom. The maximum Gasteiger partial charge on any atom is 0.326 e. The van der Waals surface area contributed by atoms with E-state index in [4.69, 9.17) is 9.84 Å². The average Bonchev–Trinajstić information content (AvgIpc) is 2.85. The first-order valence-corrected chi connectivity index (χ1v) is 7.00. The highest BCUT2D eigenvalue weighted by atomic mass is 32.1. The Morgan fingerprint density at radius 1 is 1.45 bits per heavy atom. The van der Waals surface area contributed by atoms with Crippen LogP contribution in [0.4, 0.5) is 9.93 Å². The van der Waals surface area contributed by atoms with Gasteiger partial charge >= 0.3 is 12.0 Å². The second kappa shape index (κ2) is 8.43. The van der Waals surface area contributed by atoms with E-state index in [2.05, 4.69) is 20.8 Å². The minimum absolute atomic E-state index is 0.299. The standard InChI is InChI=1S/C11H18N4O4S/c1-3-8-14-15-11(20-8)13-10(18)12-7(9(16)17)5-4-6-19-2/h7H,3-6H2,1-2H3,(H,16,17)(H2,12,13,15,18). The third-order valence-corrected chi connectivity index (χ3v) is 3.42. The highest BCUT2D eigenvalue weighted by molar-refractivity contribution is 7.15. The number of anilines is 1. The number of nitrogens with zero attached hydrogens (tertiary/aromatic N) is 2. The number of ether oxygens (including phenoxy) is 1. The van der Waals surface area contributed by atoms with Gasteiger partial charge in [-0.15, -0.1) is 10.2 Å². The number of carbonyl (C=O) groups excluding carboxylic acids is 1. The SMILES string of the molecule is CCc1nnc(NC(=O)NC(CCCOC)C(=O)O)s1. The zero-order valence-electron chi connectivity index (χ0n) is 11.4. The van der Waals surface area contributed by atoms with Gasteiger partial charge in [-0.25, -0.2) is 9.59 Å². The smallest absolute Gasteiger partial charge is 0.326 e. The van der Waals surface area contributed by atoms with Gasteiger partial charge in [0.05, 0.1) is 0 Å². The molecule has 0 aromatic carbocycles. The fraction of sp³-hybridized carbons (Fsp3) is 0.636. The van der Waals surface area contributed by atoms with Crippen molar-refractivity contribution in [3.8, 4) is 0 Å². The van der Waals surface area contributed by atoms with E-state index in [-0.39, 0.29) is 0 Å². The third-order valence-electron chi connectivity index (χ3n) is 2.43. The van der Waals surface area contributed by atoms with Gasteiger partial charge in [0.1, 0.15) is 11.0 Å². The molecule has 8 nitrogen and oxygen atoms in total. The van der Waals surface area contributed by atoms with Gasteiger partial charge in [0.2, 0.25) is 5.13 Å². The van der Waals surface area contributed by atoms with Crippen LogP contribution in [0.2, 0.25) is 0 Å². The van der Waals surface area contributed by atoms with Crippen molar-refractivity contribution in [1.82, 2.24) is 15.5 Å². The molecule has 1 aromatic rings. The van der Waals surface area contributed by atoms with Crippen LogP contribution in [0.5, 0.6) is 0 Å². The van der Waals surface area contributed by atoms with E-state index in [1.807, 2.05) is 6.92 Å². The molecule has 20 heavy (non-hydrogen) atoms. The number of carbonyl (C=O) groups is 2. The van der Waals surface area contributed by atoms with Crippen molar-refractivity contribution < 1.29 is 19.4 Å². The molecule has 1 atom stereocenters. The van der Waals surface area contributed by atoms with Gasteiger partial charge in [0.15, 0.2) is 0 Å². The van der Waals surface area contributed by atoms with Gasteiger partial charge in [0.25, 0.3) is 0 Å². The molecular formula is C11H18N4O4S. The van der Waals surface area contributed by atoms with Gasteiger partial charge in [-0.2, -0.15) is 0 Å². The van der Waals surface area contributed by atoms with Crippen LogP contribution in [0.25, 0.3) is 0 Å². The number of nitrogens with one attached hydrogen (secondary N) is 2. The number of methoxy groups -OCH3 is 1. The van der Waals surface area contributed by atoms with Crippen molar-refractivity contribution in [2.45, 2.75) is 32.2 Å². The maximum absolute atomic E-state index is 11.7. The highest BCUT2D eigenvalue weighted by Crippen LogP contribution is 2.15. The summed E-state index contributed by atoms with van der Waals surface area (Å²) in [5.41, 5.74) is 0. The number of carboxylic acids is 1. The van der Waals surface area contributed by atoms with E-state index in [1.165, 1.54) is 18.4 Å². The van der Waals surface area contributed by atoms with Crippen LogP contribution in [0.3, 0.4) is 0 Å². The number of hydrogen-bond acceptors (Lipinski definition) is 6. The van der Waals surface area contributed by atoms with Gasteiger partial charge in [-0.05, 0) is 19.3 Å². The lowest BCUT2D eigenvalue weighted by molar-refractivity contribution is -0.139. The van der Waals surface area contributed by atoms with Gasteiger partial charge in [-0.1, -0.05) is 18.3 Å².